The van der Waals surface area contributed by atoms with Crippen molar-refractivity contribution in [2.75, 3.05) is 51.3 Å². The average molecular weight is 496 g/mol. The highest BCUT2D eigenvalue weighted by Gasteiger charge is 2.24. The third-order valence-corrected chi connectivity index (χ3v) is 6.49. The van der Waals surface area contributed by atoms with Crippen LogP contribution in [0.15, 0.2) is 48.5 Å². The molecule has 182 valence electrons. The van der Waals surface area contributed by atoms with Crippen molar-refractivity contribution in [2.45, 2.75) is 31.7 Å². The summed E-state index contributed by atoms with van der Waals surface area (Å²) in [5.74, 6) is 1.83. The fourth-order valence-corrected chi connectivity index (χ4v) is 4.48. The normalized spacial score (nSPS) is 19.2. The molecule has 2 aromatic rings. The molecular formula is C25H35Cl2N3O3. The Labute approximate surface area is 209 Å². The molecule has 6 nitrogen and oxygen atoms in total. The number of para-hydroxylation sites is 1. The monoisotopic (exact) mass is 495 g/mol. The Morgan fingerprint density at radius 2 is 1.76 bits per heavy atom. The first-order chi connectivity index (χ1) is 15.1. The lowest BCUT2D eigenvalue weighted by atomic mass is 9.98. The first kappa shape index (κ1) is 27.1. The predicted octanol–water partition coefficient (Wildman–Crippen LogP) is 4.12. The Kier molecular flexibility index (Phi) is 10.6. The van der Waals surface area contributed by atoms with E-state index in [1.807, 2.05) is 18.2 Å². The molecule has 2 heterocycles. The minimum absolute atomic E-state index is 0. The maximum Gasteiger partial charge on any atom is 0.220 e. The summed E-state index contributed by atoms with van der Waals surface area (Å²) < 4.78 is 11.6. The van der Waals surface area contributed by atoms with E-state index in [2.05, 4.69) is 52.4 Å². The van der Waals surface area contributed by atoms with Crippen molar-refractivity contribution in [1.29, 1.82) is 0 Å². The van der Waals surface area contributed by atoms with E-state index in [0.717, 1.165) is 49.7 Å². The average Bonchev–Trinajstić information content (AvgIpc) is 3.26. The maximum atomic E-state index is 11.6. The van der Waals surface area contributed by atoms with Gasteiger partial charge in [0.15, 0.2) is 11.5 Å². The molecule has 0 saturated carbocycles. The molecule has 0 aliphatic carbocycles. The van der Waals surface area contributed by atoms with E-state index in [0.29, 0.717) is 25.6 Å². The molecule has 0 radical (unpaired) electrons. The van der Waals surface area contributed by atoms with Crippen molar-refractivity contribution in [3.8, 4) is 11.5 Å². The number of carbonyl (C=O) groups excluding carboxylic acids is 1. The second-order valence-electron chi connectivity index (χ2n) is 8.46. The summed E-state index contributed by atoms with van der Waals surface area (Å²) in [6.45, 7) is 7.86. The first-order valence-electron chi connectivity index (χ1n) is 11.3. The summed E-state index contributed by atoms with van der Waals surface area (Å²) in [5, 5.41) is 2.90. The van der Waals surface area contributed by atoms with Crippen LogP contribution < -0.4 is 19.7 Å². The van der Waals surface area contributed by atoms with Crippen molar-refractivity contribution in [2.24, 2.45) is 0 Å². The number of carbonyl (C=O) groups is 1. The lowest BCUT2D eigenvalue weighted by molar-refractivity contribution is -0.119. The number of rotatable bonds is 8. The van der Waals surface area contributed by atoms with Gasteiger partial charge in [-0.2, -0.15) is 0 Å². The summed E-state index contributed by atoms with van der Waals surface area (Å²) >= 11 is 0. The molecule has 2 aliphatic rings. The van der Waals surface area contributed by atoms with Crippen molar-refractivity contribution in [1.82, 2.24) is 10.2 Å². The number of nitrogens with zero attached hydrogens (tertiary/aromatic N) is 2. The summed E-state index contributed by atoms with van der Waals surface area (Å²) in [7, 11) is 1.66. The zero-order chi connectivity index (χ0) is 21.6. The van der Waals surface area contributed by atoms with Crippen LogP contribution >= 0.6 is 24.8 Å². The van der Waals surface area contributed by atoms with Crippen LogP contribution in [0.1, 0.15) is 31.2 Å². The largest absolute Gasteiger partial charge is 0.493 e. The lowest BCUT2D eigenvalue weighted by Gasteiger charge is -2.39. The van der Waals surface area contributed by atoms with E-state index < -0.39 is 0 Å². The topological polar surface area (TPSA) is 54.0 Å². The molecule has 2 aromatic carbocycles. The molecule has 0 spiro atoms. The molecule has 2 aliphatic heterocycles. The molecule has 2 atom stereocenters. The maximum absolute atomic E-state index is 11.6. The van der Waals surface area contributed by atoms with Gasteiger partial charge in [-0.15, -0.1) is 24.8 Å². The number of benzene rings is 2. The zero-order valence-corrected chi connectivity index (χ0v) is 21.0. The molecule has 1 N–H and O–H groups in total. The predicted molar refractivity (Wildman–Crippen MR) is 138 cm³/mol. The van der Waals surface area contributed by atoms with Crippen molar-refractivity contribution in [3.05, 3.63) is 54.1 Å². The number of hydrogen-bond acceptors (Lipinski definition) is 5. The van der Waals surface area contributed by atoms with Crippen molar-refractivity contribution < 1.29 is 14.3 Å². The van der Waals surface area contributed by atoms with Crippen LogP contribution in [0, 0.1) is 0 Å². The van der Waals surface area contributed by atoms with Crippen LogP contribution in [0.5, 0.6) is 11.5 Å². The number of anilines is 1. The smallest absolute Gasteiger partial charge is 0.220 e. The highest BCUT2D eigenvalue weighted by atomic mass is 35.5. The second-order valence-corrected chi connectivity index (χ2v) is 8.46. The van der Waals surface area contributed by atoms with Gasteiger partial charge in [0.05, 0.1) is 13.7 Å². The zero-order valence-electron chi connectivity index (χ0n) is 19.4. The quantitative estimate of drug-likeness (QED) is 0.596. The molecule has 0 aromatic heterocycles. The Balaban J connectivity index is 0.00000193. The molecule has 4 rings (SSSR count). The van der Waals surface area contributed by atoms with Crippen LogP contribution in [0.2, 0.25) is 0 Å². The number of piperazine rings is 1. The standard InChI is InChI=1S/C25H33N3O3.2ClH/c1-19(27-11-13-28(14-12-27)22-6-4-3-5-7-22)10-15-31-24-16-20(8-9-23(24)30-2)21-17-25(29)26-18-21;;/h3-9,16,19,21H,10-15,17-18H2,1-2H3,(H,26,29);2*1H. The number of ether oxygens (including phenoxy) is 2. The van der Waals surface area contributed by atoms with Gasteiger partial charge >= 0.3 is 0 Å². The number of methoxy groups -OCH3 is 1. The number of hydrogen-bond donors (Lipinski definition) is 1. The summed E-state index contributed by atoms with van der Waals surface area (Å²) in [6.07, 6.45) is 1.50. The van der Waals surface area contributed by atoms with Gasteiger partial charge in [0.2, 0.25) is 5.91 Å². The molecular weight excluding hydrogens is 461 g/mol. The van der Waals surface area contributed by atoms with Gasteiger partial charge in [-0.1, -0.05) is 24.3 Å². The third-order valence-electron chi connectivity index (χ3n) is 6.49. The van der Waals surface area contributed by atoms with Crippen LogP contribution in [0.4, 0.5) is 5.69 Å². The SMILES string of the molecule is COc1ccc(C2CNC(=O)C2)cc1OCCC(C)N1CCN(c2ccccc2)CC1.Cl.Cl. The highest BCUT2D eigenvalue weighted by Crippen LogP contribution is 2.33. The van der Waals surface area contributed by atoms with Crippen LogP contribution in [0.25, 0.3) is 0 Å². The van der Waals surface area contributed by atoms with Crippen LogP contribution in [0.3, 0.4) is 0 Å². The highest BCUT2D eigenvalue weighted by molar-refractivity contribution is 5.85. The van der Waals surface area contributed by atoms with Gasteiger partial charge in [-0.05, 0) is 43.2 Å². The molecule has 2 saturated heterocycles. The first-order valence-corrected chi connectivity index (χ1v) is 11.3. The fraction of sp³-hybridized carbons (Fsp3) is 0.480. The van der Waals surface area contributed by atoms with Gasteiger partial charge in [-0.3, -0.25) is 9.69 Å². The Hall–Kier alpha value is -2.15. The van der Waals surface area contributed by atoms with Gasteiger partial charge in [0, 0.05) is 56.8 Å². The molecule has 2 unspecified atom stereocenters. The van der Waals surface area contributed by atoms with Gasteiger partial charge in [0.25, 0.3) is 0 Å². The lowest BCUT2D eigenvalue weighted by Crippen LogP contribution is -2.49. The molecule has 0 bridgehead atoms. The van der Waals surface area contributed by atoms with Gasteiger partial charge in [-0.25, -0.2) is 0 Å². The van der Waals surface area contributed by atoms with E-state index in [4.69, 9.17) is 9.47 Å². The van der Waals surface area contributed by atoms with Gasteiger partial charge in [0.1, 0.15) is 0 Å². The summed E-state index contributed by atoms with van der Waals surface area (Å²) in [4.78, 5) is 16.6. The van der Waals surface area contributed by atoms with E-state index in [-0.39, 0.29) is 36.6 Å². The van der Waals surface area contributed by atoms with Gasteiger partial charge < -0.3 is 19.7 Å². The van der Waals surface area contributed by atoms with E-state index in [9.17, 15) is 4.79 Å². The van der Waals surface area contributed by atoms with Crippen molar-refractivity contribution >= 4 is 36.4 Å². The van der Waals surface area contributed by atoms with E-state index in [1.165, 1.54) is 5.69 Å². The minimum atomic E-state index is 0. The number of nitrogens with one attached hydrogen (secondary N) is 1. The van der Waals surface area contributed by atoms with Crippen LogP contribution in [-0.2, 0) is 4.79 Å². The summed E-state index contributed by atoms with van der Waals surface area (Å²) in [6, 6.07) is 17.1. The Morgan fingerprint density at radius 1 is 1.03 bits per heavy atom. The van der Waals surface area contributed by atoms with Crippen LogP contribution in [-0.4, -0.2) is 63.3 Å². The summed E-state index contributed by atoms with van der Waals surface area (Å²) in [5.41, 5.74) is 2.43. The Morgan fingerprint density at radius 3 is 2.39 bits per heavy atom. The fourth-order valence-electron chi connectivity index (χ4n) is 4.48. The molecule has 1 amide bonds. The molecule has 8 heteroatoms. The van der Waals surface area contributed by atoms with E-state index >= 15 is 0 Å². The number of halogens is 2. The van der Waals surface area contributed by atoms with E-state index in [1.54, 1.807) is 7.11 Å². The Bertz CT molecular complexity index is 876. The third kappa shape index (κ3) is 6.92. The second kappa shape index (κ2) is 12.9. The number of amides is 1. The molecule has 2 fully saturated rings. The molecule has 33 heavy (non-hydrogen) atoms. The van der Waals surface area contributed by atoms with Crippen molar-refractivity contribution in [3.63, 3.8) is 0 Å². The minimum Gasteiger partial charge on any atom is -0.493 e.